The fourth-order valence-corrected chi connectivity index (χ4v) is 1.96. The van der Waals surface area contributed by atoms with Gasteiger partial charge >= 0.3 is 0 Å². The van der Waals surface area contributed by atoms with Gasteiger partial charge in [-0.25, -0.2) is 0 Å². The Hall–Kier alpha value is -0.930. The van der Waals surface area contributed by atoms with Crippen LogP contribution in [0.5, 0.6) is 0 Å². The number of benzene rings is 1. The fourth-order valence-electron chi connectivity index (χ4n) is 1.46. The first-order valence-corrected chi connectivity index (χ1v) is 5.43. The summed E-state index contributed by atoms with van der Waals surface area (Å²) >= 11 is 12.3. The molecule has 0 aliphatic rings. The van der Waals surface area contributed by atoms with E-state index in [4.69, 9.17) is 23.2 Å². The van der Waals surface area contributed by atoms with E-state index in [-0.39, 0.29) is 0 Å². The predicted molar refractivity (Wildman–Crippen MR) is 64.9 cm³/mol. The number of hydrogen-bond acceptors (Lipinski definition) is 2. The molecule has 0 aliphatic carbocycles. The van der Waals surface area contributed by atoms with Gasteiger partial charge in [0.25, 0.3) is 0 Å². The molecule has 2 aromatic rings. The van der Waals surface area contributed by atoms with E-state index in [0.29, 0.717) is 16.1 Å². The zero-order valence-electron chi connectivity index (χ0n) is 8.44. The average Bonchev–Trinajstić information content (AvgIpc) is 2.61. The minimum absolute atomic E-state index is 0.308. The molecule has 0 fully saturated rings. The van der Waals surface area contributed by atoms with E-state index < -0.39 is 0 Å². The molecule has 0 unspecified atom stereocenters. The van der Waals surface area contributed by atoms with E-state index in [1.807, 2.05) is 19.9 Å². The average molecular weight is 244 g/mol. The summed E-state index contributed by atoms with van der Waals surface area (Å²) in [5.41, 5.74) is 1.61. The Morgan fingerprint density at radius 2 is 2.13 bits per heavy atom. The summed E-state index contributed by atoms with van der Waals surface area (Å²) in [6, 6.07) is 2.12. The first kappa shape index (κ1) is 10.6. The Kier molecular flexibility index (Phi) is 2.76. The molecule has 1 aromatic carbocycles. The number of halogens is 2. The van der Waals surface area contributed by atoms with Crippen molar-refractivity contribution in [1.29, 1.82) is 0 Å². The van der Waals surface area contributed by atoms with Crippen LogP contribution in [0.15, 0.2) is 12.3 Å². The highest BCUT2D eigenvalue weighted by atomic mass is 35.5. The number of hydrogen-bond donors (Lipinski definition) is 2. The summed E-state index contributed by atoms with van der Waals surface area (Å²) in [7, 11) is 0. The number of nitrogens with zero attached hydrogens (tertiary/aromatic N) is 1. The zero-order valence-corrected chi connectivity index (χ0v) is 9.95. The highest BCUT2D eigenvalue weighted by Gasteiger charge is 2.11. The van der Waals surface area contributed by atoms with Gasteiger partial charge in [-0.3, -0.25) is 5.10 Å². The second kappa shape index (κ2) is 3.91. The number of nitrogens with one attached hydrogen (secondary N) is 2. The molecule has 3 nitrogen and oxygen atoms in total. The van der Waals surface area contributed by atoms with E-state index in [1.165, 1.54) is 0 Å². The molecular weight excluding hydrogens is 233 g/mol. The van der Waals surface area contributed by atoms with Crippen molar-refractivity contribution < 1.29 is 0 Å². The highest BCUT2D eigenvalue weighted by Crippen LogP contribution is 2.35. The van der Waals surface area contributed by atoms with Gasteiger partial charge in [-0.1, -0.05) is 23.2 Å². The number of aromatic amines is 1. The molecule has 80 valence electrons. The van der Waals surface area contributed by atoms with Crippen molar-refractivity contribution in [2.75, 3.05) is 5.32 Å². The molecule has 1 aromatic heterocycles. The first-order valence-electron chi connectivity index (χ1n) is 4.67. The topological polar surface area (TPSA) is 40.7 Å². The van der Waals surface area contributed by atoms with Gasteiger partial charge in [0.05, 0.1) is 27.4 Å². The Balaban J connectivity index is 2.60. The molecule has 1 heterocycles. The normalized spacial score (nSPS) is 11.3. The van der Waals surface area contributed by atoms with Crippen LogP contribution < -0.4 is 5.32 Å². The van der Waals surface area contributed by atoms with Crippen LogP contribution in [0.4, 0.5) is 5.69 Å². The quantitative estimate of drug-likeness (QED) is 0.845. The van der Waals surface area contributed by atoms with E-state index in [9.17, 15) is 0 Å². The molecule has 2 rings (SSSR count). The maximum absolute atomic E-state index is 6.22. The lowest BCUT2D eigenvalue weighted by Crippen LogP contribution is -2.09. The molecule has 2 N–H and O–H groups in total. The van der Waals surface area contributed by atoms with Crippen molar-refractivity contribution in [3.63, 3.8) is 0 Å². The number of rotatable bonds is 2. The monoisotopic (exact) mass is 243 g/mol. The second-order valence-electron chi connectivity index (χ2n) is 3.68. The van der Waals surface area contributed by atoms with Crippen LogP contribution in [0.3, 0.4) is 0 Å². The van der Waals surface area contributed by atoms with Gasteiger partial charge in [0, 0.05) is 11.4 Å². The number of aromatic nitrogens is 2. The van der Waals surface area contributed by atoms with Crippen molar-refractivity contribution in [2.24, 2.45) is 0 Å². The first-order chi connectivity index (χ1) is 7.09. The number of fused-ring (bicyclic) bond motifs is 1. The molecule has 0 aliphatic heterocycles. The van der Waals surface area contributed by atoms with Crippen molar-refractivity contribution in [2.45, 2.75) is 19.9 Å². The third-order valence-electron chi connectivity index (χ3n) is 2.07. The smallest absolute Gasteiger partial charge is 0.0853 e. The molecule has 0 saturated heterocycles. The predicted octanol–water partition coefficient (Wildman–Crippen LogP) is 3.69. The summed E-state index contributed by atoms with van der Waals surface area (Å²) < 4.78 is 0. The molecule has 5 heteroatoms. The van der Waals surface area contributed by atoms with Gasteiger partial charge < -0.3 is 5.32 Å². The standard InChI is InChI=1S/C10H11Cl2N3/c1-5(2)14-8-3-7(11)10-6(9(8)12)4-13-15-10/h3-5,14H,1-2H3,(H,13,15). The van der Waals surface area contributed by atoms with Gasteiger partial charge in [-0.2, -0.15) is 5.10 Å². The molecule has 15 heavy (non-hydrogen) atoms. The zero-order chi connectivity index (χ0) is 11.0. The Morgan fingerprint density at radius 3 is 2.80 bits per heavy atom. The lowest BCUT2D eigenvalue weighted by atomic mass is 10.2. The van der Waals surface area contributed by atoms with Crippen molar-refractivity contribution in [3.05, 3.63) is 22.3 Å². The fraction of sp³-hybridized carbons (Fsp3) is 0.300. The largest absolute Gasteiger partial charge is 0.382 e. The van der Waals surface area contributed by atoms with Gasteiger partial charge in [-0.15, -0.1) is 0 Å². The van der Waals surface area contributed by atoms with Crippen LogP contribution in [-0.4, -0.2) is 16.2 Å². The van der Waals surface area contributed by atoms with Crippen molar-refractivity contribution >= 4 is 39.8 Å². The molecule has 0 bridgehead atoms. The summed E-state index contributed by atoms with van der Waals surface area (Å²) in [6.45, 7) is 4.09. The summed E-state index contributed by atoms with van der Waals surface area (Å²) in [5, 5.41) is 12.1. The minimum Gasteiger partial charge on any atom is -0.382 e. The molecule has 0 radical (unpaired) electrons. The van der Waals surface area contributed by atoms with Crippen LogP contribution in [0.1, 0.15) is 13.8 Å². The van der Waals surface area contributed by atoms with Crippen LogP contribution >= 0.6 is 23.2 Å². The Labute approximate surface area is 97.8 Å². The van der Waals surface area contributed by atoms with Gasteiger partial charge in [0.2, 0.25) is 0 Å². The minimum atomic E-state index is 0.308. The summed E-state index contributed by atoms with van der Waals surface area (Å²) in [4.78, 5) is 0. The molecule has 0 spiro atoms. The summed E-state index contributed by atoms with van der Waals surface area (Å²) in [6.07, 6.45) is 1.68. The van der Waals surface area contributed by atoms with Crippen molar-refractivity contribution in [1.82, 2.24) is 10.2 Å². The van der Waals surface area contributed by atoms with Crippen LogP contribution in [0, 0.1) is 0 Å². The number of anilines is 1. The molecule has 0 amide bonds. The lowest BCUT2D eigenvalue weighted by Gasteiger charge is -2.12. The lowest BCUT2D eigenvalue weighted by molar-refractivity contribution is 0.900. The maximum Gasteiger partial charge on any atom is 0.0853 e. The van der Waals surface area contributed by atoms with Gasteiger partial charge in [0.15, 0.2) is 0 Å². The van der Waals surface area contributed by atoms with Crippen molar-refractivity contribution in [3.8, 4) is 0 Å². The Bertz CT molecular complexity index is 491. The van der Waals surface area contributed by atoms with E-state index in [1.54, 1.807) is 6.20 Å². The van der Waals surface area contributed by atoms with E-state index in [0.717, 1.165) is 16.6 Å². The van der Waals surface area contributed by atoms with Crippen LogP contribution in [-0.2, 0) is 0 Å². The third-order valence-corrected chi connectivity index (χ3v) is 2.77. The molecular formula is C10H11Cl2N3. The SMILES string of the molecule is CC(C)Nc1cc(Cl)c2[nH]ncc2c1Cl. The number of H-pyrrole nitrogens is 1. The third kappa shape index (κ3) is 1.90. The molecule has 0 atom stereocenters. The maximum atomic E-state index is 6.22. The molecule has 0 saturated carbocycles. The van der Waals surface area contributed by atoms with Crippen LogP contribution in [0.2, 0.25) is 10.0 Å². The van der Waals surface area contributed by atoms with E-state index >= 15 is 0 Å². The Morgan fingerprint density at radius 1 is 1.40 bits per heavy atom. The second-order valence-corrected chi connectivity index (χ2v) is 4.46. The van der Waals surface area contributed by atoms with E-state index in [2.05, 4.69) is 15.5 Å². The van der Waals surface area contributed by atoms with Crippen LogP contribution in [0.25, 0.3) is 10.9 Å². The summed E-state index contributed by atoms with van der Waals surface area (Å²) in [5.74, 6) is 0. The highest BCUT2D eigenvalue weighted by molar-refractivity contribution is 6.42. The van der Waals surface area contributed by atoms with Gasteiger partial charge in [0.1, 0.15) is 0 Å². The van der Waals surface area contributed by atoms with Gasteiger partial charge in [-0.05, 0) is 19.9 Å².